The number of hydrogen-bond acceptors (Lipinski definition) is 4. The summed E-state index contributed by atoms with van der Waals surface area (Å²) >= 11 is 1.43. The van der Waals surface area contributed by atoms with Crippen molar-refractivity contribution in [2.24, 2.45) is 0 Å². The minimum atomic E-state index is 0.383. The summed E-state index contributed by atoms with van der Waals surface area (Å²) in [6.07, 6.45) is 1.78. The van der Waals surface area contributed by atoms with Gasteiger partial charge in [0.25, 0.3) is 0 Å². The molecule has 1 heterocycles. The Balaban J connectivity index is 2.83. The van der Waals surface area contributed by atoms with Gasteiger partial charge in [0.1, 0.15) is 5.03 Å². The highest BCUT2D eigenvalue weighted by Gasteiger charge is 2.02. The number of pyridine rings is 1. The highest BCUT2D eigenvalue weighted by atomic mass is 32.2. The van der Waals surface area contributed by atoms with Crippen LogP contribution in [0, 0.1) is 0 Å². The summed E-state index contributed by atoms with van der Waals surface area (Å²) in [5.74, 6) is 0. The van der Waals surface area contributed by atoms with Crippen LogP contribution in [0.25, 0.3) is 0 Å². The Kier molecular flexibility index (Phi) is 3.83. The van der Waals surface area contributed by atoms with Gasteiger partial charge in [0.05, 0.1) is 17.6 Å². The quantitative estimate of drug-likeness (QED) is 0.749. The van der Waals surface area contributed by atoms with Gasteiger partial charge in [-0.2, -0.15) is 0 Å². The zero-order valence-electron chi connectivity index (χ0n) is 8.45. The van der Waals surface area contributed by atoms with Gasteiger partial charge in [-0.15, -0.1) is 0 Å². The van der Waals surface area contributed by atoms with Gasteiger partial charge in [0.2, 0.25) is 0 Å². The maximum atomic E-state index is 5.81. The van der Waals surface area contributed by atoms with Crippen molar-refractivity contribution in [3.05, 3.63) is 24.3 Å². The van der Waals surface area contributed by atoms with Crippen molar-refractivity contribution in [2.45, 2.75) is 24.9 Å². The number of rotatable bonds is 4. The smallest absolute Gasteiger partial charge is 0.123 e. The van der Waals surface area contributed by atoms with Crippen molar-refractivity contribution in [1.82, 2.24) is 4.98 Å². The summed E-state index contributed by atoms with van der Waals surface area (Å²) in [7, 11) is 0. The van der Waals surface area contributed by atoms with E-state index >= 15 is 0 Å². The third-order valence-electron chi connectivity index (χ3n) is 1.53. The summed E-state index contributed by atoms with van der Waals surface area (Å²) in [5, 5.41) is 5.75. The largest absolute Gasteiger partial charge is 0.396 e. The Morgan fingerprint density at radius 1 is 1.64 bits per heavy atom. The molecule has 0 aromatic carbocycles. The molecule has 0 atom stereocenters. The minimum absolute atomic E-state index is 0.383. The molecule has 0 amide bonds. The Hall–Kier alpha value is -1.16. The van der Waals surface area contributed by atoms with E-state index in [1.807, 2.05) is 6.07 Å². The van der Waals surface area contributed by atoms with E-state index in [0.717, 1.165) is 10.7 Å². The monoisotopic (exact) mass is 209 g/mol. The summed E-state index contributed by atoms with van der Waals surface area (Å²) in [6.45, 7) is 7.76. The molecule has 1 aromatic rings. The van der Waals surface area contributed by atoms with Crippen LogP contribution in [0.2, 0.25) is 0 Å². The molecular weight excluding hydrogens is 194 g/mol. The first-order chi connectivity index (χ1) is 6.63. The Morgan fingerprint density at radius 2 is 2.36 bits per heavy atom. The summed E-state index contributed by atoms with van der Waals surface area (Å²) in [4.78, 5) is 4.23. The van der Waals surface area contributed by atoms with Crippen LogP contribution in [0.3, 0.4) is 0 Å². The highest BCUT2D eigenvalue weighted by Crippen LogP contribution is 2.25. The zero-order valence-corrected chi connectivity index (χ0v) is 9.27. The second-order valence-corrected chi connectivity index (χ2v) is 4.16. The highest BCUT2D eigenvalue weighted by molar-refractivity contribution is 8.02. The van der Waals surface area contributed by atoms with Crippen molar-refractivity contribution in [2.75, 3.05) is 11.1 Å². The van der Waals surface area contributed by atoms with Gasteiger partial charge < -0.3 is 11.1 Å². The molecule has 1 rings (SSSR count). The lowest BCUT2D eigenvalue weighted by atomic mass is 10.3. The molecule has 3 N–H and O–H groups in total. The van der Waals surface area contributed by atoms with E-state index in [0.29, 0.717) is 11.7 Å². The zero-order chi connectivity index (χ0) is 10.6. The third kappa shape index (κ3) is 2.96. The van der Waals surface area contributed by atoms with E-state index in [-0.39, 0.29) is 0 Å². The first-order valence-electron chi connectivity index (χ1n) is 4.43. The van der Waals surface area contributed by atoms with Crippen LogP contribution in [0.15, 0.2) is 29.3 Å². The molecule has 0 radical (unpaired) electrons. The van der Waals surface area contributed by atoms with E-state index in [1.54, 1.807) is 11.6 Å². The average Bonchev–Trinajstić information content (AvgIpc) is 2.09. The van der Waals surface area contributed by atoms with Gasteiger partial charge in [0.15, 0.2) is 0 Å². The first-order valence-corrected chi connectivity index (χ1v) is 5.31. The van der Waals surface area contributed by atoms with Gasteiger partial charge in [-0.3, -0.25) is 0 Å². The topological polar surface area (TPSA) is 50.9 Å². The summed E-state index contributed by atoms with van der Waals surface area (Å²) in [5.41, 5.74) is 7.44. The van der Waals surface area contributed by atoms with Crippen molar-refractivity contribution in [1.29, 1.82) is 0 Å². The van der Waals surface area contributed by atoms with Gasteiger partial charge in [0, 0.05) is 6.04 Å². The van der Waals surface area contributed by atoms with Crippen molar-refractivity contribution < 1.29 is 0 Å². The second-order valence-electron chi connectivity index (χ2n) is 3.20. The lowest BCUT2D eigenvalue weighted by Gasteiger charge is -2.10. The van der Waals surface area contributed by atoms with Crippen LogP contribution in [0.1, 0.15) is 13.8 Å². The van der Waals surface area contributed by atoms with E-state index in [9.17, 15) is 0 Å². The molecule has 0 unspecified atom stereocenters. The Bertz CT molecular complexity index is 323. The van der Waals surface area contributed by atoms with E-state index in [2.05, 4.69) is 30.7 Å². The standard InChI is InChI=1S/C10H15N3S/c1-4-14-10-9(11)5-8(6-12-10)13-7(2)3/h4-7,13H,1,11H2,2-3H3. The fraction of sp³-hybridized carbons (Fsp3) is 0.300. The molecule has 0 aliphatic carbocycles. The molecule has 0 bridgehead atoms. The molecule has 4 heteroatoms. The number of aromatic nitrogens is 1. The molecule has 0 saturated heterocycles. The molecule has 0 fully saturated rings. The van der Waals surface area contributed by atoms with Crippen LogP contribution in [-0.4, -0.2) is 11.0 Å². The fourth-order valence-electron chi connectivity index (χ4n) is 1.06. The maximum absolute atomic E-state index is 5.81. The van der Waals surface area contributed by atoms with Gasteiger partial charge in [-0.25, -0.2) is 4.98 Å². The molecule has 3 nitrogen and oxygen atoms in total. The van der Waals surface area contributed by atoms with Gasteiger partial charge in [-0.1, -0.05) is 18.3 Å². The molecule has 0 saturated carbocycles. The minimum Gasteiger partial charge on any atom is -0.396 e. The second kappa shape index (κ2) is 4.91. The molecule has 0 aliphatic rings. The van der Waals surface area contributed by atoms with Crippen LogP contribution in [-0.2, 0) is 0 Å². The molecule has 14 heavy (non-hydrogen) atoms. The number of nitrogens with two attached hydrogens (primary N) is 1. The number of nitrogen functional groups attached to an aromatic ring is 1. The van der Waals surface area contributed by atoms with Gasteiger partial charge in [-0.05, 0) is 25.3 Å². The maximum Gasteiger partial charge on any atom is 0.123 e. The molecular formula is C10H15N3S. The van der Waals surface area contributed by atoms with E-state index in [1.165, 1.54) is 11.8 Å². The third-order valence-corrected chi connectivity index (χ3v) is 2.26. The predicted octanol–water partition coefficient (Wildman–Crippen LogP) is 2.72. The molecule has 1 aromatic heterocycles. The van der Waals surface area contributed by atoms with Crippen LogP contribution >= 0.6 is 11.8 Å². The van der Waals surface area contributed by atoms with Crippen LogP contribution < -0.4 is 11.1 Å². The normalized spacial score (nSPS) is 10.2. The SMILES string of the molecule is C=CSc1ncc(NC(C)C)cc1N. The van der Waals surface area contributed by atoms with E-state index < -0.39 is 0 Å². The molecule has 76 valence electrons. The van der Waals surface area contributed by atoms with Crippen molar-refractivity contribution in [3.8, 4) is 0 Å². The van der Waals surface area contributed by atoms with Crippen LogP contribution in [0.4, 0.5) is 11.4 Å². The van der Waals surface area contributed by atoms with Crippen molar-refractivity contribution >= 4 is 23.1 Å². The first kappa shape index (κ1) is 10.9. The lowest BCUT2D eigenvalue weighted by Crippen LogP contribution is -2.10. The predicted molar refractivity (Wildman–Crippen MR) is 63.5 cm³/mol. The Morgan fingerprint density at radius 3 is 2.86 bits per heavy atom. The average molecular weight is 209 g/mol. The number of hydrogen-bond donors (Lipinski definition) is 2. The molecule has 0 aliphatic heterocycles. The number of anilines is 2. The lowest BCUT2D eigenvalue weighted by molar-refractivity contribution is 0.896. The van der Waals surface area contributed by atoms with Crippen molar-refractivity contribution in [3.63, 3.8) is 0 Å². The summed E-state index contributed by atoms with van der Waals surface area (Å²) < 4.78 is 0. The fourth-order valence-corrected chi connectivity index (χ4v) is 1.53. The summed E-state index contributed by atoms with van der Waals surface area (Å²) in [6, 6.07) is 2.27. The molecule has 0 spiro atoms. The number of nitrogens with zero attached hydrogens (tertiary/aromatic N) is 1. The van der Waals surface area contributed by atoms with Gasteiger partial charge >= 0.3 is 0 Å². The number of nitrogens with one attached hydrogen (secondary N) is 1. The Labute approximate surface area is 88.8 Å². The van der Waals surface area contributed by atoms with E-state index in [4.69, 9.17) is 5.73 Å². The number of thioether (sulfide) groups is 1. The van der Waals surface area contributed by atoms with Crippen LogP contribution in [0.5, 0.6) is 0 Å².